The highest BCUT2D eigenvalue weighted by atomic mass is 19.4. The lowest BCUT2D eigenvalue weighted by atomic mass is 9.99. The van der Waals surface area contributed by atoms with Gasteiger partial charge in [0.2, 0.25) is 0 Å². The van der Waals surface area contributed by atoms with Gasteiger partial charge in [-0.05, 0) is 37.0 Å². The molecule has 2 N–H and O–H groups in total. The molecule has 110 valence electrons. The smallest absolute Gasteiger partial charge is 0.398 e. The van der Waals surface area contributed by atoms with E-state index in [2.05, 4.69) is 0 Å². The Hall–Kier alpha value is -1.72. The number of carbonyl (C=O) groups excluding carboxylic acids is 1. The van der Waals surface area contributed by atoms with Crippen LogP contribution in [0.3, 0.4) is 0 Å². The summed E-state index contributed by atoms with van der Waals surface area (Å²) in [4.78, 5) is 13.9. The van der Waals surface area contributed by atoms with Gasteiger partial charge in [-0.15, -0.1) is 0 Å². The first kappa shape index (κ1) is 14.7. The molecule has 0 aromatic heterocycles. The molecule has 1 heterocycles. The van der Waals surface area contributed by atoms with Crippen LogP contribution in [0.1, 0.15) is 35.7 Å². The SMILES string of the molecule is CC1CCCN(C(=O)c2cc(C(F)(F)F)ccc2N)C1. The van der Waals surface area contributed by atoms with E-state index in [9.17, 15) is 18.0 Å². The summed E-state index contributed by atoms with van der Waals surface area (Å²) >= 11 is 0. The number of hydrogen-bond acceptors (Lipinski definition) is 2. The number of nitrogens with two attached hydrogens (primary N) is 1. The van der Waals surface area contributed by atoms with Gasteiger partial charge < -0.3 is 10.6 Å². The minimum atomic E-state index is -4.47. The van der Waals surface area contributed by atoms with Gasteiger partial charge >= 0.3 is 6.18 Å². The van der Waals surface area contributed by atoms with Crippen LogP contribution in [0.25, 0.3) is 0 Å². The van der Waals surface area contributed by atoms with Crippen molar-refractivity contribution >= 4 is 11.6 Å². The molecular formula is C14H17F3N2O. The Morgan fingerprint density at radius 2 is 2.10 bits per heavy atom. The molecule has 0 saturated carbocycles. The first-order valence-corrected chi connectivity index (χ1v) is 6.55. The highest BCUT2D eigenvalue weighted by molar-refractivity contribution is 5.99. The lowest BCUT2D eigenvalue weighted by Crippen LogP contribution is -2.39. The number of carbonyl (C=O) groups is 1. The molecule has 1 amide bonds. The Kier molecular flexibility index (Phi) is 3.92. The topological polar surface area (TPSA) is 46.3 Å². The third-order valence-corrected chi connectivity index (χ3v) is 3.56. The number of anilines is 1. The van der Waals surface area contributed by atoms with Crippen molar-refractivity contribution in [3.63, 3.8) is 0 Å². The Labute approximate surface area is 115 Å². The van der Waals surface area contributed by atoms with Crippen LogP contribution in [0.15, 0.2) is 18.2 Å². The maximum atomic E-state index is 12.7. The summed E-state index contributed by atoms with van der Waals surface area (Å²) in [7, 11) is 0. The zero-order valence-corrected chi connectivity index (χ0v) is 11.2. The van der Waals surface area contributed by atoms with Crippen LogP contribution in [-0.2, 0) is 6.18 Å². The molecule has 1 fully saturated rings. The number of nitrogen functional groups attached to an aromatic ring is 1. The van der Waals surface area contributed by atoms with Crippen molar-refractivity contribution in [2.75, 3.05) is 18.8 Å². The fraction of sp³-hybridized carbons (Fsp3) is 0.500. The first-order valence-electron chi connectivity index (χ1n) is 6.55. The molecule has 0 radical (unpaired) electrons. The molecule has 1 aromatic carbocycles. The van der Waals surface area contributed by atoms with Gasteiger partial charge in [0.1, 0.15) is 0 Å². The molecule has 1 unspecified atom stereocenters. The van der Waals surface area contributed by atoms with Crippen molar-refractivity contribution in [2.24, 2.45) is 5.92 Å². The quantitative estimate of drug-likeness (QED) is 0.806. The van der Waals surface area contributed by atoms with Gasteiger partial charge in [-0.1, -0.05) is 6.92 Å². The standard InChI is InChI=1S/C14H17F3N2O/c1-9-3-2-6-19(8-9)13(20)11-7-10(14(15,16)17)4-5-12(11)18/h4-5,7,9H,2-3,6,8,18H2,1H3. The molecule has 1 aromatic rings. The normalized spacial score (nSPS) is 20.0. The maximum Gasteiger partial charge on any atom is 0.416 e. The highest BCUT2D eigenvalue weighted by Gasteiger charge is 2.32. The third kappa shape index (κ3) is 3.05. The van der Waals surface area contributed by atoms with E-state index in [1.807, 2.05) is 6.92 Å². The molecule has 6 heteroatoms. The molecule has 0 spiro atoms. The zero-order valence-electron chi connectivity index (χ0n) is 11.2. The summed E-state index contributed by atoms with van der Waals surface area (Å²) in [6.45, 7) is 3.16. The molecule has 1 atom stereocenters. The van der Waals surface area contributed by atoms with Crippen molar-refractivity contribution in [1.82, 2.24) is 4.90 Å². The van der Waals surface area contributed by atoms with Crippen LogP contribution in [0, 0.1) is 5.92 Å². The first-order chi connectivity index (χ1) is 9.29. The van der Waals surface area contributed by atoms with E-state index < -0.39 is 17.6 Å². The Balaban J connectivity index is 2.29. The Morgan fingerprint density at radius 1 is 1.40 bits per heavy atom. The summed E-state index contributed by atoms with van der Waals surface area (Å²) in [5, 5.41) is 0. The van der Waals surface area contributed by atoms with E-state index in [4.69, 9.17) is 5.73 Å². The van der Waals surface area contributed by atoms with Gasteiger partial charge in [-0.2, -0.15) is 13.2 Å². The number of alkyl halides is 3. The zero-order chi connectivity index (χ0) is 14.9. The number of piperidine rings is 1. The lowest BCUT2D eigenvalue weighted by Gasteiger charge is -2.31. The molecule has 1 aliphatic rings. The Bertz CT molecular complexity index is 514. The van der Waals surface area contributed by atoms with E-state index >= 15 is 0 Å². The summed E-state index contributed by atoms with van der Waals surface area (Å²) < 4.78 is 38.1. The fourth-order valence-electron chi connectivity index (χ4n) is 2.46. The summed E-state index contributed by atoms with van der Waals surface area (Å²) in [5.74, 6) is -0.0557. The molecule has 2 rings (SSSR count). The fourth-order valence-corrected chi connectivity index (χ4v) is 2.46. The van der Waals surface area contributed by atoms with Crippen molar-refractivity contribution in [3.8, 4) is 0 Å². The maximum absolute atomic E-state index is 12.7. The number of amides is 1. The van der Waals surface area contributed by atoms with Crippen LogP contribution in [0.5, 0.6) is 0 Å². The molecule has 1 saturated heterocycles. The van der Waals surface area contributed by atoms with E-state index in [-0.39, 0.29) is 11.3 Å². The van der Waals surface area contributed by atoms with Crippen LogP contribution in [0.4, 0.5) is 18.9 Å². The second-order valence-corrected chi connectivity index (χ2v) is 5.30. The van der Waals surface area contributed by atoms with Crippen molar-refractivity contribution < 1.29 is 18.0 Å². The number of hydrogen-bond donors (Lipinski definition) is 1. The average Bonchev–Trinajstić information content (AvgIpc) is 2.37. The van der Waals surface area contributed by atoms with Crippen LogP contribution in [-0.4, -0.2) is 23.9 Å². The summed E-state index contributed by atoms with van der Waals surface area (Å²) in [6, 6.07) is 2.88. The van der Waals surface area contributed by atoms with Gasteiger partial charge in [0.15, 0.2) is 0 Å². The predicted octanol–water partition coefficient (Wildman–Crippen LogP) is 3.16. The molecule has 0 aliphatic carbocycles. The van der Waals surface area contributed by atoms with Gasteiger partial charge in [0, 0.05) is 18.8 Å². The Morgan fingerprint density at radius 3 is 2.70 bits per heavy atom. The van der Waals surface area contributed by atoms with Crippen molar-refractivity contribution in [1.29, 1.82) is 0 Å². The van der Waals surface area contributed by atoms with Gasteiger partial charge in [0.25, 0.3) is 5.91 Å². The number of rotatable bonds is 1. The largest absolute Gasteiger partial charge is 0.416 e. The van der Waals surface area contributed by atoms with Crippen molar-refractivity contribution in [3.05, 3.63) is 29.3 Å². The number of halogens is 3. The monoisotopic (exact) mass is 286 g/mol. The molecule has 0 bridgehead atoms. The number of likely N-dealkylation sites (tertiary alicyclic amines) is 1. The van der Waals surface area contributed by atoms with E-state index in [1.54, 1.807) is 4.90 Å². The molecule has 3 nitrogen and oxygen atoms in total. The molecular weight excluding hydrogens is 269 g/mol. The van der Waals surface area contributed by atoms with Crippen LogP contribution >= 0.6 is 0 Å². The minimum absolute atomic E-state index is 0.0612. The van der Waals surface area contributed by atoms with Gasteiger partial charge in [-0.3, -0.25) is 4.79 Å². The summed E-state index contributed by atoms with van der Waals surface area (Å²) in [6.07, 6.45) is -2.58. The van der Waals surface area contributed by atoms with Gasteiger partial charge in [0.05, 0.1) is 11.1 Å². The van der Waals surface area contributed by atoms with Crippen LogP contribution < -0.4 is 5.73 Å². The minimum Gasteiger partial charge on any atom is -0.398 e. The van der Waals surface area contributed by atoms with Crippen LogP contribution in [0.2, 0.25) is 0 Å². The second-order valence-electron chi connectivity index (χ2n) is 5.30. The summed E-state index contributed by atoms with van der Waals surface area (Å²) in [5.41, 5.74) is 4.84. The van der Waals surface area contributed by atoms with E-state index in [0.29, 0.717) is 19.0 Å². The second kappa shape index (κ2) is 5.34. The van der Waals surface area contributed by atoms with Crippen molar-refractivity contribution in [2.45, 2.75) is 25.9 Å². The third-order valence-electron chi connectivity index (χ3n) is 3.56. The van der Waals surface area contributed by atoms with E-state index in [0.717, 1.165) is 31.0 Å². The highest BCUT2D eigenvalue weighted by Crippen LogP contribution is 2.32. The number of benzene rings is 1. The molecule has 1 aliphatic heterocycles. The van der Waals surface area contributed by atoms with E-state index in [1.165, 1.54) is 0 Å². The average molecular weight is 286 g/mol. The number of nitrogens with zero attached hydrogens (tertiary/aromatic N) is 1. The lowest BCUT2D eigenvalue weighted by molar-refractivity contribution is -0.137. The van der Waals surface area contributed by atoms with Gasteiger partial charge in [-0.25, -0.2) is 0 Å². The molecule has 20 heavy (non-hydrogen) atoms. The predicted molar refractivity (Wildman–Crippen MR) is 70.2 cm³/mol.